The van der Waals surface area contributed by atoms with Crippen LogP contribution in [0.2, 0.25) is 0 Å². The molecule has 0 aromatic heterocycles. The van der Waals surface area contributed by atoms with Crippen molar-refractivity contribution in [2.24, 2.45) is 5.92 Å². The van der Waals surface area contributed by atoms with Crippen molar-refractivity contribution in [1.82, 2.24) is 20.0 Å². The lowest BCUT2D eigenvalue weighted by Gasteiger charge is -2.36. The van der Waals surface area contributed by atoms with E-state index in [0.717, 1.165) is 39.0 Å². The zero-order valence-electron chi connectivity index (χ0n) is 14.0. The molecule has 1 atom stereocenters. The second kappa shape index (κ2) is 8.11. The Bertz CT molecular complexity index is 322. The van der Waals surface area contributed by atoms with E-state index >= 15 is 0 Å². The first-order valence-electron chi connectivity index (χ1n) is 8.42. The van der Waals surface area contributed by atoms with Crippen LogP contribution in [-0.4, -0.2) is 87.1 Å². The number of hydrogen-bond acceptors (Lipinski definition) is 4. The Kier molecular flexibility index (Phi) is 6.45. The normalized spacial score (nSPS) is 25.2. The van der Waals surface area contributed by atoms with E-state index in [1.807, 2.05) is 11.9 Å². The highest BCUT2D eigenvalue weighted by Gasteiger charge is 2.25. The number of piperidine rings is 2. The van der Waals surface area contributed by atoms with E-state index in [-0.39, 0.29) is 5.92 Å². The van der Waals surface area contributed by atoms with E-state index in [9.17, 15) is 4.79 Å². The number of likely N-dealkylation sites (tertiary alicyclic amines) is 1. The number of amides is 1. The van der Waals surface area contributed by atoms with Crippen LogP contribution < -0.4 is 5.32 Å². The maximum atomic E-state index is 12.4. The third kappa shape index (κ3) is 4.94. The lowest BCUT2D eigenvalue weighted by atomic mass is 9.98. The van der Waals surface area contributed by atoms with Crippen LogP contribution in [0, 0.1) is 5.92 Å². The molecule has 2 rings (SSSR count). The predicted molar refractivity (Wildman–Crippen MR) is 86.4 cm³/mol. The molecule has 1 unspecified atom stereocenters. The maximum absolute atomic E-state index is 12.4. The van der Waals surface area contributed by atoms with Crippen molar-refractivity contribution >= 4 is 5.91 Å². The fraction of sp³-hybridized carbons (Fsp3) is 0.938. The minimum absolute atomic E-state index is 0.192. The molecule has 0 aromatic carbocycles. The van der Waals surface area contributed by atoms with Gasteiger partial charge in [0.1, 0.15) is 0 Å². The highest BCUT2D eigenvalue weighted by atomic mass is 16.2. The molecule has 5 heteroatoms. The second-order valence-corrected chi connectivity index (χ2v) is 6.82. The Morgan fingerprint density at radius 1 is 1.19 bits per heavy atom. The lowest BCUT2D eigenvalue weighted by Crippen LogP contribution is -2.46. The molecule has 0 radical (unpaired) electrons. The Morgan fingerprint density at radius 3 is 2.52 bits per heavy atom. The van der Waals surface area contributed by atoms with Gasteiger partial charge in [-0.05, 0) is 59.4 Å². The van der Waals surface area contributed by atoms with Crippen LogP contribution in [-0.2, 0) is 4.79 Å². The summed E-state index contributed by atoms with van der Waals surface area (Å²) in [5.74, 6) is 0.511. The van der Waals surface area contributed by atoms with Gasteiger partial charge in [0.15, 0.2) is 0 Å². The summed E-state index contributed by atoms with van der Waals surface area (Å²) in [4.78, 5) is 19.2. The predicted octanol–water partition coefficient (Wildman–Crippen LogP) is 0.470. The summed E-state index contributed by atoms with van der Waals surface area (Å²) in [7, 11) is 6.36. The maximum Gasteiger partial charge on any atom is 0.226 e. The third-order valence-corrected chi connectivity index (χ3v) is 5.12. The lowest BCUT2D eigenvalue weighted by molar-refractivity contribution is -0.134. The van der Waals surface area contributed by atoms with E-state index in [1.54, 1.807) is 0 Å². The molecule has 0 aliphatic carbocycles. The van der Waals surface area contributed by atoms with Gasteiger partial charge in [0, 0.05) is 32.7 Å². The van der Waals surface area contributed by atoms with Crippen LogP contribution in [0.5, 0.6) is 0 Å². The summed E-state index contributed by atoms with van der Waals surface area (Å²) < 4.78 is 0. The Hall–Kier alpha value is -0.650. The monoisotopic (exact) mass is 296 g/mol. The van der Waals surface area contributed by atoms with Gasteiger partial charge in [0.05, 0.1) is 5.92 Å². The van der Waals surface area contributed by atoms with Gasteiger partial charge >= 0.3 is 0 Å². The molecule has 2 fully saturated rings. The van der Waals surface area contributed by atoms with Crippen LogP contribution >= 0.6 is 0 Å². The third-order valence-electron chi connectivity index (χ3n) is 5.12. The van der Waals surface area contributed by atoms with E-state index < -0.39 is 0 Å². The number of carbonyl (C=O) groups excluding carboxylic acids is 1. The average Bonchev–Trinajstić information content (AvgIpc) is 2.53. The molecule has 2 saturated heterocycles. The summed E-state index contributed by atoms with van der Waals surface area (Å²) >= 11 is 0. The van der Waals surface area contributed by atoms with Crippen molar-refractivity contribution in [3.8, 4) is 0 Å². The molecule has 5 nitrogen and oxygen atoms in total. The van der Waals surface area contributed by atoms with Gasteiger partial charge < -0.3 is 20.0 Å². The van der Waals surface area contributed by atoms with Crippen molar-refractivity contribution in [2.75, 3.05) is 60.4 Å². The van der Waals surface area contributed by atoms with Crippen molar-refractivity contribution in [3.05, 3.63) is 0 Å². The van der Waals surface area contributed by atoms with E-state index in [4.69, 9.17) is 0 Å². The van der Waals surface area contributed by atoms with Crippen molar-refractivity contribution in [3.63, 3.8) is 0 Å². The number of hydrogen-bond donors (Lipinski definition) is 1. The summed E-state index contributed by atoms with van der Waals surface area (Å²) in [5.41, 5.74) is 0. The molecule has 2 aliphatic heterocycles. The zero-order chi connectivity index (χ0) is 15.2. The minimum Gasteiger partial charge on any atom is -0.344 e. The van der Waals surface area contributed by atoms with Crippen LogP contribution in [0.4, 0.5) is 0 Å². The molecule has 1 N–H and O–H groups in total. The number of nitrogens with one attached hydrogen (secondary N) is 1. The van der Waals surface area contributed by atoms with Gasteiger partial charge in [-0.3, -0.25) is 4.79 Å². The molecular weight excluding hydrogens is 264 g/mol. The van der Waals surface area contributed by atoms with E-state index in [2.05, 4.69) is 29.2 Å². The van der Waals surface area contributed by atoms with E-state index in [1.165, 1.54) is 25.9 Å². The minimum atomic E-state index is 0.192. The second-order valence-electron chi connectivity index (χ2n) is 6.82. The molecule has 0 aromatic rings. The first-order chi connectivity index (χ1) is 10.1. The van der Waals surface area contributed by atoms with Crippen molar-refractivity contribution in [2.45, 2.75) is 31.7 Å². The SMILES string of the molecule is CN1CCC(N(C)CCN(C)C(=O)C2CCCNC2)CC1. The summed E-state index contributed by atoms with van der Waals surface area (Å²) in [5, 5.41) is 3.33. The van der Waals surface area contributed by atoms with Crippen LogP contribution in [0.25, 0.3) is 0 Å². The average molecular weight is 296 g/mol. The Balaban J connectivity index is 1.70. The van der Waals surface area contributed by atoms with Crippen molar-refractivity contribution in [1.29, 1.82) is 0 Å². The van der Waals surface area contributed by atoms with Gasteiger partial charge in [0.2, 0.25) is 5.91 Å². The highest BCUT2D eigenvalue weighted by Crippen LogP contribution is 2.15. The standard InChI is InChI=1S/C16H32N4O/c1-18-9-6-15(7-10-18)19(2)11-12-20(3)16(21)14-5-4-8-17-13-14/h14-15,17H,4-13H2,1-3H3. The molecule has 122 valence electrons. The molecule has 2 heterocycles. The van der Waals surface area contributed by atoms with Gasteiger partial charge in [0.25, 0.3) is 0 Å². The summed E-state index contributed by atoms with van der Waals surface area (Å²) in [6.07, 6.45) is 4.66. The van der Waals surface area contributed by atoms with Crippen LogP contribution in [0.15, 0.2) is 0 Å². The zero-order valence-corrected chi connectivity index (χ0v) is 14.0. The smallest absolute Gasteiger partial charge is 0.226 e. The fourth-order valence-corrected chi connectivity index (χ4v) is 3.41. The number of carbonyl (C=O) groups is 1. The molecule has 0 bridgehead atoms. The van der Waals surface area contributed by atoms with Gasteiger partial charge in [-0.2, -0.15) is 0 Å². The largest absolute Gasteiger partial charge is 0.344 e. The fourth-order valence-electron chi connectivity index (χ4n) is 3.41. The van der Waals surface area contributed by atoms with Crippen LogP contribution in [0.1, 0.15) is 25.7 Å². The molecule has 2 aliphatic rings. The van der Waals surface area contributed by atoms with E-state index in [0.29, 0.717) is 11.9 Å². The molecule has 0 spiro atoms. The number of nitrogens with zero attached hydrogens (tertiary/aromatic N) is 3. The number of likely N-dealkylation sites (N-methyl/N-ethyl adjacent to an activating group) is 2. The van der Waals surface area contributed by atoms with Gasteiger partial charge in [-0.1, -0.05) is 0 Å². The first-order valence-corrected chi connectivity index (χ1v) is 8.42. The van der Waals surface area contributed by atoms with Crippen LogP contribution in [0.3, 0.4) is 0 Å². The van der Waals surface area contributed by atoms with Gasteiger partial charge in [-0.15, -0.1) is 0 Å². The summed E-state index contributed by atoms with van der Waals surface area (Å²) in [6, 6.07) is 0.682. The highest BCUT2D eigenvalue weighted by molar-refractivity contribution is 5.78. The van der Waals surface area contributed by atoms with Crippen molar-refractivity contribution < 1.29 is 4.79 Å². The number of rotatable bonds is 5. The van der Waals surface area contributed by atoms with Gasteiger partial charge in [-0.25, -0.2) is 0 Å². The molecule has 0 saturated carbocycles. The molecule has 21 heavy (non-hydrogen) atoms. The summed E-state index contributed by atoms with van der Waals surface area (Å²) in [6.45, 7) is 6.13. The topological polar surface area (TPSA) is 38.8 Å². The Morgan fingerprint density at radius 2 is 1.90 bits per heavy atom. The molecular formula is C16H32N4O. The first kappa shape index (κ1) is 16.7. The molecule has 1 amide bonds. The quantitative estimate of drug-likeness (QED) is 0.800. The Labute approximate surface area is 129 Å².